The third kappa shape index (κ3) is 5.70. The van der Waals surface area contributed by atoms with E-state index in [1.807, 2.05) is 53.4 Å². The zero-order chi connectivity index (χ0) is 27.2. The second-order valence-electron chi connectivity index (χ2n) is 9.47. The Bertz CT molecular complexity index is 1580. The van der Waals surface area contributed by atoms with Gasteiger partial charge in [-0.2, -0.15) is 0 Å². The summed E-state index contributed by atoms with van der Waals surface area (Å²) in [6.45, 7) is 4.08. The van der Waals surface area contributed by atoms with Crippen LogP contribution in [0.5, 0.6) is 17.2 Å². The second-order valence-corrected chi connectivity index (χ2v) is 9.47. The van der Waals surface area contributed by atoms with Crippen LogP contribution in [-0.4, -0.2) is 42.7 Å². The molecule has 0 aliphatic carbocycles. The molecule has 1 amide bonds. The van der Waals surface area contributed by atoms with Gasteiger partial charge in [-0.05, 0) is 66.9 Å². The van der Waals surface area contributed by atoms with E-state index >= 15 is 0 Å². The number of hydrogen-bond acceptors (Lipinski definition) is 4. The van der Waals surface area contributed by atoms with Crippen molar-refractivity contribution in [2.45, 2.75) is 26.4 Å². The maximum Gasteiger partial charge on any atom is 0.260 e. The highest BCUT2D eigenvalue weighted by molar-refractivity contribution is 6.08. The molecule has 0 aliphatic heterocycles. The summed E-state index contributed by atoms with van der Waals surface area (Å²) in [6.07, 6.45) is 0.675. The van der Waals surface area contributed by atoms with Gasteiger partial charge in [0.15, 0.2) is 18.1 Å². The number of para-hydroxylation sites is 2. The summed E-state index contributed by atoms with van der Waals surface area (Å²) in [7, 11) is 3.25. The largest absolute Gasteiger partial charge is 0.493 e. The van der Waals surface area contributed by atoms with Gasteiger partial charge >= 0.3 is 0 Å². The first-order valence-electron chi connectivity index (χ1n) is 13.3. The Morgan fingerprint density at radius 2 is 1.49 bits per heavy atom. The van der Waals surface area contributed by atoms with Gasteiger partial charge in [0, 0.05) is 41.4 Å². The van der Waals surface area contributed by atoms with Gasteiger partial charge in [-0.1, -0.05) is 48.5 Å². The van der Waals surface area contributed by atoms with E-state index in [-0.39, 0.29) is 12.5 Å². The Hall–Kier alpha value is -4.45. The number of carbonyl (C=O) groups excluding carboxylic acids is 1. The number of benzene rings is 4. The van der Waals surface area contributed by atoms with Gasteiger partial charge in [-0.15, -0.1) is 0 Å². The maximum atomic E-state index is 13.4. The predicted octanol–water partition coefficient (Wildman–Crippen LogP) is 6.48. The number of aromatic nitrogens is 1. The molecule has 5 rings (SSSR count). The van der Waals surface area contributed by atoms with Gasteiger partial charge in [-0.25, -0.2) is 0 Å². The van der Waals surface area contributed by atoms with E-state index in [0.29, 0.717) is 36.8 Å². The van der Waals surface area contributed by atoms with Crippen LogP contribution < -0.4 is 14.2 Å². The zero-order valence-corrected chi connectivity index (χ0v) is 22.7. The molecule has 0 saturated heterocycles. The summed E-state index contributed by atoms with van der Waals surface area (Å²) in [5, 5.41) is 2.43. The van der Waals surface area contributed by atoms with Gasteiger partial charge in [0.05, 0.1) is 14.2 Å². The molecular weight excluding hydrogens is 488 g/mol. The Labute approximate surface area is 229 Å². The predicted molar refractivity (Wildman–Crippen MR) is 156 cm³/mol. The number of rotatable bonds is 11. The van der Waals surface area contributed by atoms with Gasteiger partial charge in [0.2, 0.25) is 0 Å². The van der Waals surface area contributed by atoms with E-state index in [1.54, 1.807) is 14.2 Å². The van der Waals surface area contributed by atoms with E-state index in [1.165, 1.54) is 21.8 Å². The molecule has 6 nitrogen and oxygen atoms in total. The Balaban J connectivity index is 1.40. The molecule has 0 aliphatic rings. The Morgan fingerprint density at radius 3 is 2.26 bits per heavy atom. The summed E-state index contributed by atoms with van der Waals surface area (Å²) in [4.78, 5) is 15.3. The first kappa shape index (κ1) is 26.2. The molecule has 0 bridgehead atoms. The molecule has 1 heterocycles. The van der Waals surface area contributed by atoms with Gasteiger partial charge in [0.25, 0.3) is 5.91 Å². The molecule has 5 aromatic rings. The zero-order valence-electron chi connectivity index (χ0n) is 22.7. The first-order chi connectivity index (χ1) is 19.1. The molecule has 4 aromatic carbocycles. The molecule has 0 fully saturated rings. The number of aryl methyl sites for hydroxylation is 1. The van der Waals surface area contributed by atoms with Crippen molar-refractivity contribution in [3.8, 4) is 17.2 Å². The molecule has 0 radical (unpaired) electrons. The third-order valence-corrected chi connectivity index (χ3v) is 7.10. The molecule has 0 spiro atoms. The lowest BCUT2D eigenvalue weighted by atomic mass is 10.1. The second kappa shape index (κ2) is 11.9. The molecule has 0 saturated carbocycles. The molecule has 0 atom stereocenters. The standard InChI is InChI=1S/C33H34N2O4/c1-4-35-29-13-9-8-12-27(29)28-20-25(14-16-30(28)35)22-34(33(36)23-39-26-10-6-5-7-11-26)19-18-24-15-17-31(37-2)32(21-24)38-3/h5-17,20-21H,4,18-19,22-23H2,1-3H3. The van der Waals surface area contributed by atoms with Crippen molar-refractivity contribution in [2.24, 2.45) is 0 Å². The minimum Gasteiger partial charge on any atom is -0.493 e. The highest BCUT2D eigenvalue weighted by atomic mass is 16.5. The van der Waals surface area contributed by atoms with E-state index in [2.05, 4.69) is 54.0 Å². The molecule has 0 N–H and O–H groups in total. The van der Waals surface area contributed by atoms with Crippen LogP contribution in [-0.2, 0) is 24.3 Å². The summed E-state index contributed by atoms with van der Waals surface area (Å²) >= 11 is 0. The summed E-state index contributed by atoms with van der Waals surface area (Å²) in [5.74, 6) is 1.98. The summed E-state index contributed by atoms with van der Waals surface area (Å²) < 4.78 is 19.0. The lowest BCUT2D eigenvalue weighted by Gasteiger charge is -2.23. The quantitative estimate of drug-likeness (QED) is 0.199. The number of nitrogens with zero attached hydrogens (tertiary/aromatic N) is 2. The van der Waals surface area contributed by atoms with Crippen molar-refractivity contribution in [3.05, 3.63) is 102 Å². The van der Waals surface area contributed by atoms with E-state index in [0.717, 1.165) is 17.7 Å². The first-order valence-corrected chi connectivity index (χ1v) is 13.3. The monoisotopic (exact) mass is 522 g/mol. The average molecular weight is 523 g/mol. The highest BCUT2D eigenvalue weighted by Gasteiger charge is 2.17. The van der Waals surface area contributed by atoms with E-state index in [9.17, 15) is 4.79 Å². The SMILES string of the molecule is CCn1c2ccccc2c2cc(CN(CCc3ccc(OC)c(OC)c3)C(=O)COc3ccccc3)ccc21. The van der Waals surface area contributed by atoms with E-state index in [4.69, 9.17) is 14.2 Å². The number of amides is 1. The number of methoxy groups -OCH3 is 2. The fourth-order valence-corrected chi connectivity index (χ4v) is 5.11. The fourth-order valence-electron chi connectivity index (χ4n) is 5.11. The Kier molecular flexibility index (Phi) is 8.02. The smallest absolute Gasteiger partial charge is 0.260 e. The number of fused-ring (bicyclic) bond motifs is 3. The van der Waals surface area contributed by atoms with Crippen LogP contribution in [0.15, 0.2) is 91.0 Å². The van der Waals surface area contributed by atoms with Crippen LogP contribution in [0.2, 0.25) is 0 Å². The normalized spacial score (nSPS) is 11.1. The van der Waals surface area contributed by atoms with Crippen LogP contribution in [0, 0.1) is 0 Å². The van der Waals surface area contributed by atoms with Crippen LogP contribution in [0.3, 0.4) is 0 Å². The molecular formula is C33H34N2O4. The highest BCUT2D eigenvalue weighted by Crippen LogP contribution is 2.30. The summed E-state index contributed by atoms with van der Waals surface area (Å²) in [6, 6.07) is 30.3. The van der Waals surface area contributed by atoms with Crippen LogP contribution in [0.4, 0.5) is 0 Å². The fraction of sp³-hybridized carbons (Fsp3) is 0.242. The molecule has 0 unspecified atom stereocenters. The molecule has 200 valence electrons. The lowest BCUT2D eigenvalue weighted by molar-refractivity contribution is -0.134. The van der Waals surface area contributed by atoms with Gasteiger partial charge in [-0.3, -0.25) is 4.79 Å². The minimum absolute atomic E-state index is 0.0205. The van der Waals surface area contributed by atoms with Crippen LogP contribution >= 0.6 is 0 Å². The van der Waals surface area contributed by atoms with Crippen molar-refractivity contribution in [1.82, 2.24) is 9.47 Å². The van der Waals surface area contributed by atoms with Crippen LogP contribution in [0.1, 0.15) is 18.1 Å². The number of carbonyl (C=O) groups is 1. The topological polar surface area (TPSA) is 52.9 Å². The molecule has 1 aromatic heterocycles. The van der Waals surface area contributed by atoms with Crippen molar-refractivity contribution in [1.29, 1.82) is 0 Å². The van der Waals surface area contributed by atoms with Crippen molar-refractivity contribution in [3.63, 3.8) is 0 Å². The summed E-state index contributed by atoms with van der Waals surface area (Å²) in [5.41, 5.74) is 4.58. The van der Waals surface area contributed by atoms with Gasteiger partial charge in [0.1, 0.15) is 5.75 Å². The average Bonchev–Trinajstić information content (AvgIpc) is 3.31. The van der Waals surface area contributed by atoms with Crippen LogP contribution in [0.25, 0.3) is 21.8 Å². The maximum absolute atomic E-state index is 13.4. The lowest BCUT2D eigenvalue weighted by Crippen LogP contribution is -2.36. The van der Waals surface area contributed by atoms with Crippen molar-refractivity contribution < 1.29 is 19.0 Å². The third-order valence-electron chi connectivity index (χ3n) is 7.10. The molecule has 6 heteroatoms. The minimum atomic E-state index is -0.0598. The van der Waals surface area contributed by atoms with Crippen molar-refractivity contribution in [2.75, 3.05) is 27.4 Å². The van der Waals surface area contributed by atoms with E-state index < -0.39 is 0 Å². The number of ether oxygens (including phenoxy) is 3. The number of hydrogen-bond donors (Lipinski definition) is 0. The van der Waals surface area contributed by atoms with Gasteiger partial charge < -0.3 is 23.7 Å². The Morgan fingerprint density at radius 1 is 0.769 bits per heavy atom. The van der Waals surface area contributed by atoms with Crippen molar-refractivity contribution >= 4 is 27.7 Å². The molecule has 39 heavy (non-hydrogen) atoms.